The second-order valence-electron chi connectivity index (χ2n) is 6.43. The highest BCUT2D eigenvalue weighted by Gasteiger charge is 2.15. The Hall–Kier alpha value is -2.43. The zero-order valence-electron chi connectivity index (χ0n) is 13.7. The van der Waals surface area contributed by atoms with E-state index in [0.717, 1.165) is 5.69 Å². The predicted molar refractivity (Wildman–Crippen MR) is 90.0 cm³/mol. The second-order valence-corrected chi connectivity index (χ2v) is 6.43. The Morgan fingerprint density at radius 1 is 1.22 bits per heavy atom. The third-order valence-corrected chi connectivity index (χ3v) is 3.17. The summed E-state index contributed by atoms with van der Waals surface area (Å²) in [5.41, 5.74) is 1.60. The van der Waals surface area contributed by atoms with Crippen molar-refractivity contribution in [2.24, 2.45) is 0 Å². The fourth-order valence-corrected chi connectivity index (χ4v) is 2.12. The molecule has 5 heteroatoms. The molecule has 1 heterocycles. The molecular weight excluding hydrogens is 293 g/mol. The molecule has 0 saturated heterocycles. The van der Waals surface area contributed by atoms with Gasteiger partial charge in [0.15, 0.2) is 0 Å². The maximum absolute atomic E-state index is 13.5. The van der Waals surface area contributed by atoms with Crippen LogP contribution in [0.4, 0.5) is 10.1 Å². The van der Waals surface area contributed by atoms with Crippen LogP contribution in [0.2, 0.25) is 0 Å². The lowest BCUT2D eigenvalue weighted by Crippen LogP contribution is -2.40. The number of hydrogen-bond donors (Lipinski definition) is 2. The SMILES string of the molecule is CC(C)(C)NC(=O)c1cncc(NCCc2ccccc2F)c1. The number of aromatic nitrogens is 1. The van der Waals surface area contributed by atoms with Crippen LogP contribution in [-0.4, -0.2) is 23.0 Å². The van der Waals surface area contributed by atoms with Crippen LogP contribution < -0.4 is 10.6 Å². The molecule has 2 aromatic rings. The molecule has 1 aromatic carbocycles. The molecule has 2 rings (SSSR count). The minimum absolute atomic E-state index is 0.164. The molecule has 23 heavy (non-hydrogen) atoms. The van der Waals surface area contributed by atoms with Crippen LogP contribution in [0, 0.1) is 5.82 Å². The lowest BCUT2D eigenvalue weighted by Gasteiger charge is -2.20. The maximum Gasteiger partial charge on any atom is 0.253 e. The largest absolute Gasteiger partial charge is 0.383 e. The summed E-state index contributed by atoms with van der Waals surface area (Å²) in [6.45, 7) is 6.34. The smallest absolute Gasteiger partial charge is 0.253 e. The molecule has 4 nitrogen and oxygen atoms in total. The second kappa shape index (κ2) is 7.22. The number of halogens is 1. The monoisotopic (exact) mass is 315 g/mol. The van der Waals surface area contributed by atoms with Crippen LogP contribution in [-0.2, 0) is 6.42 Å². The quantitative estimate of drug-likeness (QED) is 0.889. The zero-order chi connectivity index (χ0) is 16.9. The Morgan fingerprint density at radius 3 is 2.65 bits per heavy atom. The Balaban J connectivity index is 1.95. The number of amides is 1. The van der Waals surface area contributed by atoms with Gasteiger partial charge in [0, 0.05) is 24.5 Å². The lowest BCUT2D eigenvalue weighted by molar-refractivity contribution is 0.0919. The minimum Gasteiger partial charge on any atom is -0.383 e. The van der Waals surface area contributed by atoms with E-state index in [0.29, 0.717) is 24.1 Å². The van der Waals surface area contributed by atoms with Crippen molar-refractivity contribution >= 4 is 11.6 Å². The molecule has 1 amide bonds. The molecule has 2 N–H and O–H groups in total. The van der Waals surface area contributed by atoms with Gasteiger partial charge >= 0.3 is 0 Å². The summed E-state index contributed by atoms with van der Waals surface area (Å²) in [6.07, 6.45) is 3.74. The van der Waals surface area contributed by atoms with Gasteiger partial charge in [-0.2, -0.15) is 0 Å². The van der Waals surface area contributed by atoms with Gasteiger partial charge in [-0.25, -0.2) is 4.39 Å². The highest BCUT2D eigenvalue weighted by atomic mass is 19.1. The van der Waals surface area contributed by atoms with Crippen LogP contribution in [0.1, 0.15) is 36.7 Å². The topological polar surface area (TPSA) is 54.0 Å². The summed E-state index contributed by atoms with van der Waals surface area (Å²) in [5.74, 6) is -0.367. The van der Waals surface area contributed by atoms with Crippen molar-refractivity contribution in [2.75, 3.05) is 11.9 Å². The Kier molecular flexibility index (Phi) is 5.32. The minimum atomic E-state index is -0.300. The molecule has 0 fully saturated rings. The van der Waals surface area contributed by atoms with E-state index in [1.165, 1.54) is 12.3 Å². The van der Waals surface area contributed by atoms with Crippen molar-refractivity contribution in [2.45, 2.75) is 32.7 Å². The van der Waals surface area contributed by atoms with Crippen molar-refractivity contribution in [1.29, 1.82) is 0 Å². The molecular formula is C18H22FN3O. The first kappa shape index (κ1) is 16.9. The van der Waals surface area contributed by atoms with E-state index >= 15 is 0 Å². The lowest BCUT2D eigenvalue weighted by atomic mass is 10.1. The molecule has 122 valence electrons. The molecule has 0 aliphatic heterocycles. The predicted octanol–water partition coefficient (Wildman–Crippen LogP) is 3.40. The summed E-state index contributed by atoms with van der Waals surface area (Å²) in [5, 5.41) is 6.07. The zero-order valence-corrected chi connectivity index (χ0v) is 13.7. The van der Waals surface area contributed by atoms with E-state index in [-0.39, 0.29) is 17.3 Å². The number of rotatable bonds is 5. The first-order chi connectivity index (χ1) is 10.8. The van der Waals surface area contributed by atoms with Crippen LogP contribution >= 0.6 is 0 Å². The van der Waals surface area contributed by atoms with Gasteiger partial charge in [0.25, 0.3) is 5.91 Å². The van der Waals surface area contributed by atoms with E-state index < -0.39 is 0 Å². The summed E-state index contributed by atoms with van der Waals surface area (Å²) < 4.78 is 13.5. The number of nitrogens with zero attached hydrogens (tertiary/aromatic N) is 1. The van der Waals surface area contributed by atoms with E-state index in [1.807, 2.05) is 26.8 Å². The number of carbonyl (C=O) groups excluding carboxylic acids is 1. The van der Waals surface area contributed by atoms with Crippen molar-refractivity contribution in [3.05, 3.63) is 59.7 Å². The summed E-state index contributed by atoms with van der Waals surface area (Å²) >= 11 is 0. The molecule has 0 spiro atoms. The van der Waals surface area contributed by atoms with Gasteiger partial charge in [0.2, 0.25) is 0 Å². The van der Waals surface area contributed by atoms with Crippen LogP contribution in [0.15, 0.2) is 42.7 Å². The molecule has 0 aliphatic carbocycles. The van der Waals surface area contributed by atoms with Crippen LogP contribution in [0.25, 0.3) is 0 Å². The van der Waals surface area contributed by atoms with E-state index in [4.69, 9.17) is 0 Å². The number of benzene rings is 1. The van der Waals surface area contributed by atoms with Crippen molar-refractivity contribution in [3.63, 3.8) is 0 Å². The summed E-state index contributed by atoms with van der Waals surface area (Å²) in [6, 6.07) is 8.46. The molecule has 1 aromatic heterocycles. The fourth-order valence-electron chi connectivity index (χ4n) is 2.12. The number of nitrogens with one attached hydrogen (secondary N) is 2. The third-order valence-electron chi connectivity index (χ3n) is 3.17. The van der Waals surface area contributed by atoms with Gasteiger partial charge in [-0.05, 0) is 44.9 Å². The van der Waals surface area contributed by atoms with Gasteiger partial charge < -0.3 is 10.6 Å². The van der Waals surface area contributed by atoms with E-state index in [9.17, 15) is 9.18 Å². The van der Waals surface area contributed by atoms with Crippen LogP contribution in [0.5, 0.6) is 0 Å². The molecule has 0 bridgehead atoms. The average molecular weight is 315 g/mol. The maximum atomic E-state index is 13.5. The molecule has 0 radical (unpaired) electrons. The molecule has 0 aliphatic rings. The highest BCUT2D eigenvalue weighted by molar-refractivity contribution is 5.95. The van der Waals surface area contributed by atoms with E-state index in [2.05, 4.69) is 15.6 Å². The highest BCUT2D eigenvalue weighted by Crippen LogP contribution is 2.11. The molecule has 0 saturated carbocycles. The van der Waals surface area contributed by atoms with Gasteiger partial charge in [0.05, 0.1) is 11.3 Å². The number of anilines is 1. The molecule has 0 unspecified atom stereocenters. The number of hydrogen-bond acceptors (Lipinski definition) is 3. The van der Waals surface area contributed by atoms with Gasteiger partial charge in [0.1, 0.15) is 5.82 Å². The van der Waals surface area contributed by atoms with Gasteiger partial charge in [-0.3, -0.25) is 9.78 Å². The first-order valence-electron chi connectivity index (χ1n) is 7.60. The fraction of sp³-hybridized carbons (Fsp3) is 0.333. The standard InChI is InChI=1S/C18H22FN3O/c1-18(2,3)22-17(23)14-10-15(12-20-11-14)21-9-8-13-6-4-5-7-16(13)19/h4-7,10-12,21H,8-9H2,1-3H3,(H,22,23). The third kappa shape index (κ3) is 5.36. The first-order valence-corrected chi connectivity index (χ1v) is 7.60. The molecule has 0 atom stereocenters. The van der Waals surface area contributed by atoms with Gasteiger partial charge in [-0.15, -0.1) is 0 Å². The average Bonchev–Trinajstić information content (AvgIpc) is 2.48. The summed E-state index contributed by atoms with van der Waals surface area (Å²) in [4.78, 5) is 16.2. The normalized spacial score (nSPS) is 11.1. The van der Waals surface area contributed by atoms with Crippen LogP contribution in [0.3, 0.4) is 0 Å². The van der Waals surface area contributed by atoms with Crippen molar-refractivity contribution in [1.82, 2.24) is 10.3 Å². The van der Waals surface area contributed by atoms with Crippen molar-refractivity contribution in [3.8, 4) is 0 Å². The Labute approximate surface area is 136 Å². The Bertz CT molecular complexity index is 680. The number of pyridine rings is 1. The Morgan fingerprint density at radius 2 is 1.96 bits per heavy atom. The van der Waals surface area contributed by atoms with Crippen molar-refractivity contribution < 1.29 is 9.18 Å². The summed E-state index contributed by atoms with van der Waals surface area (Å²) in [7, 11) is 0. The van der Waals surface area contributed by atoms with E-state index in [1.54, 1.807) is 24.4 Å². The van der Waals surface area contributed by atoms with Gasteiger partial charge in [-0.1, -0.05) is 18.2 Å². The number of carbonyl (C=O) groups is 1.